The van der Waals surface area contributed by atoms with Gasteiger partial charge in [0, 0.05) is 30.8 Å². The van der Waals surface area contributed by atoms with Crippen molar-refractivity contribution in [1.29, 1.82) is 0 Å². The Kier molecular flexibility index (Phi) is 7.67. The van der Waals surface area contributed by atoms with Crippen LogP contribution < -0.4 is 9.47 Å². The van der Waals surface area contributed by atoms with Crippen LogP contribution in [0.5, 0.6) is 11.5 Å². The van der Waals surface area contributed by atoms with Crippen LogP contribution in [0.3, 0.4) is 0 Å². The lowest BCUT2D eigenvalue weighted by atomic mass is 9.91. The van der Waals surface area contributed by atoms with Gasteiger partial charge in [-0.15, -0.1) is 0 Å². The number of hydrogen-bond donors (Lipinski definition) is 0. The number of carbonyl (C=O) groups excluding carboxylic acids is 1. The van der Waals surface area contributed by atoms with Crippen molar-refractivity contribution in [3.05, 3.63) is 53.5 Å². The molecule has 0 amide bonds. The van der Waals surface area contributed by atoms with Crippen LogP contribution in [0.4, 0.5) is 4.39 Å². The molecule has 2 heterocycles. The Labute approximate surface area is 198 Å². The van der Waals surface area contributed by atoms with Gasteiger partial charge in [0.25, 0.3) is 0 Å². The monoisotopic (exact) mass is 470 g/mol. The van der Waals surface area contributed by atoms with Gasteiger partial charge in [0.1, 0.15) is 11.9 Å². The van der Waals surface area contributed by atoms with Crippen LogP contribution in [0.2, 0.25) is 0 Å². The summed E-state index contributed by atoms with van der Waals surface area (Å²) in [4.78, 5) is 13.6. The molecule has 0 spiro atoms. The summed E-state index contributed by atoms with van der Waals surface area (Å²) in [5, 5.41) is 5.14. The highest BCUT2D eigenvalue weighted by Gasteiger charge is 2.25. The molecule has 4 rings (SSSR count). The van der Waals surface area contributed by atoms with E-state index in [1.807, 2.05) is 25.1 Å². The normalized spacial score (nSPS) is 15.9. The summed E-state index contributed by atoms with van der Waals surface area (Å²) in [6.07, 6.45) is 2.54. The van der Waals surface area contributed by atoms with E-state index in [0.717, 1.165) is 55.5 Å². The average molecular weight is 471 g/mol. The number of likely N-dealkylation sites (tertiary alicyclic amines) is 1. The minimum Gasteiger partial charge on any atom is -0.493 e. The molecular formula is C26H31FN2O5. The number of carbonyl (C=O) groups is 1. The lowest BCUT2D eigenvalue weighted by Gasteiger charge is -2.31. The summed E-state index contributed by atoms with van der Waals surface area (Å²) in [6, 6.07) is 10.2. The van der Waals surface area contributed by atoms with E-state index in [-0.39, 0.29) is 17.9 Å². The molecule has 1 unspecified atom stereocenters. The predicted molar refractivity (Wildman–Crippen MR) is 126 cm³/mol. The summed E-state index contributed by atoms with van der Waals surface area (Å²) in [7, 11) is 1.60. The molecule has 0 saturated carbocycles. The van der Waals surface area contributed by atoms with E-state index >= 15 is 0 Å². The van der Waals surface area contributed by atoms with Crippen LogP contribution in [0.15, 0.2) is 40.9 Å². The standard InChI is InChI=1S/C26H31FN2O5/c1-17(33-18(2)30)20-5-8-23(25(15-20)31-3)32-14-4-11-29-12-9-19(10-13-29)26-22-7-6-21(27)16-24(22)34-28-26/h5-8,15-17,19H,4,9-14H2,1-3H3. The van der Waals surface area contributed by atoms with Gasteiger partial charge in [-0.05, 0) is 69.1 Å². The van der Waals surface area contributed by atoms with Crippen molar-refractivity contribution in [2.75, 3.05) is 33.4 Å². The third-order valence-corrected chi connectivity index (χ3v) is 6.31. The van der Waals surface area contributed by atoms with Crippen LogP contribution in [-0.4, -0.2) is 49.4 Å². The quantitative estimate of drug-likeness (QED) is 0.312. The number of ether oxygens (including phenoxy) is 3. The van der Waals surface area contributed by atoms with Crippen molar-refractivity contribution in [2.45, 2.75) is 45.1 Å². The van der Waals surface area contributed by atoms with Gasteiger partial charge in [0.15, 0.2) is 17.1 Å². The van der Waals surface area contributed by atoms with Crippen molar-refractivity contribution in [3.63, 3.8) is 0 Å². The minimum absolute atomic E-state index is 0.308. The molecule has 1 aliphatic rings. The zero-order valence-corrected chi connectivity index (χ0v) is 19.9. The van der Waals surface area contributed by atoms with E-state index in [1.165, 1.54) is 19.1 Å². The van der Waals surface area contributed by atoms with Crippen LogP contribution in [0, 0.1) is 5.82 Å². The topological polar surface area (TPSA) is 74.0 Å². The number of methoxy groups -OCH3 is 1. The zero-order valence-electron chi connectivity index (χ0n) is 19.9. The molecule has 0 N–H and O–H groups in total. The van der Waals surface area contributed by atoms with Crippen molar-refractivity contribution in [1.82, 2.24) is 10.1 Å². The zero-order chi connectivity index (χ0) is 24.1. The highest BCUT2D eigenvalue weighted by atomic mass is 19.1. The van der Waals surface area contributed by atoms with Gasteiger partial charge >= 0.3 is 5.97 Å². The largest absolute Gasteiger partial charge is 0.493 e. The number of piperidine rings is 1. The van der Waals surface area contributed by atoms with Gasteiger partial charge in [-0.2, -0.15) is 0 Å². The summed E-state index contributed by atoms with van der Waals surface area (Å²) in [6.45, 7) is 6.70. The van der Waals surface area contributed by atoms with Gasteiger partial charge in [0.05, 0.1) is 19.4 Å². The Balaban J connectivity index is 1.23. The third kappa shape index (κ3) is 5.67. The molecule has 1 aliphatic heterocycles. The Hall–Kier alpha value is -3.13. The molecule has 0 aliphatic carbocycles. The van der Waals surface area contributed by atoms with Gasteiger partial charge in [-0.1, -0.05) is 11.2 Å². The molecule has 1 aromatic heterocycles. The van der Waals surface area contributed by atoms with Crippen LogP contribution >= 0.6 is 0 Å². The second kappa shape index (κ2) is 10.9. The van der Waals surface area contributed by atoms with Crippen LogP contribution in [0.25, 0.3) is 11.0 Å². The first kappa shape index (κ1) is 24.0. The molecule has 182 valence electrons. The molecule has 1 fully saturated rings. The molecule has 1 saturated heterocycles. The SMILES string of the molecule is COc1cc(C(C)OC(C)=O)ccc1OCCCN1CCC(c2noc3cc(F)ccc23)CC1. The summed E-state index contributed by atoms with van der Waals surface area (Å²) >= 11 is 0. The van der Waals surface area contributed by atoms with Gasteiger partial charge in [-0.3, -0.25) is 4.79 Å². The van der Waals surface area contributed by atoms with E-state index in [1.54, 1.807) is 13.2 Å². The Morgan fingerprint density at radius 2 is 2.00 bits per heavy atom. The highest BCUT2D eigenvalue weighted by molar-refractivity contribution is 5.79. The van der Waals surface area contributed by atoms with Gasteiger partial charge in [-0.25, -0.2) is 4.39 Å². The van der Waals surface area contributed by atoms with E-state index in [2.05, 4.69) is 10.1 Å². The Bertz CT molecular complexity index is 1120. The summed E-state index contributed by atoms with van der Waals surface area (Å²) in [5.74, 6) is 1.00. The molecule has 3 aromatic rings. The Morgan fingerprint density at radius 3 is 2.74 bits per heavy atom. The molecule has 2 aromatic carbocycles. The van der Waals surface area contributed by atoms with Gasteiger partial charge < -0.3 is 23.6 Å². The molecule has 7 nitrogen and oxygen atoms in total. The molecular weight excluding hydrogens is 439 g/mol. The number of halogens is 1. The molecule has 0 bridgehead atoms. The first-order valence-corrected chi connectivity index (χ1v) is 11.7. The van der Waals surface area contributed by atoms with E-state index in [0.29, 0.717) is 29.6 Å². The van der Waals surface area contributed by atoms with Crippen LogP contribution in [0.1, 0.15) is 56.4 Å². The summed E-state index contributed by atoms with van der Waals surface area (Å²) < 4.78 is 35.4. The molecule has 8 heteroatoms. The van der Waals surface area contributed by atoms with E-state index in [9.17, 15) is 9.18 Å². The number of benzene rings is 2. The third-order valence-electron chi connectivity index (χ3n) is 6.31. The highest BCUT2D eigenvalue weighted by Crippen LogP contribution is 2.33. The predicted octanol–water partition coefficient (Wildman–Crippen LogP) is 5.25. The van der Waals surface area contributed by atoms with Crippen molar-refractivity contribution >= 4 is 16.9 Å². The van der Waals surface area contributed by atoms with Gasteiger partial charge in [0.2, 0.25) is 0 Å². The number of nitrogens with zero attached hydrogens (tertiary/aromatic N) is 2. The maximum absolute atomic E-state index is 13.4. The maximum Gasteiger partial charge on any atom is 0.303 e. The second-order valence-electron chi connectivity index (χ2n) is 8.69. The first-order chi connectivity index (χ1) is 16.4. The first-order valence-electron chi connectivity index (χ1n) is 11.7. The van der Waals surface area contributed by atoms with Crippen LogP contribution in [-0.2, 0) is 9.53 Å². The smallest absolute Gasteiger partial charge is 0.303 e. The Morgan fingerprint density at radius 1 is 1.21 bits per heavy atom. The fourth-order valence-electron chi connectivity index (χ4n) is 4.50. The molecule has 0 radical (unpaired) electrons. The maximum atomic E-state index is 13.4. The van der Waals surface area contributed by atoms with E-state index in [4.69, 9.17) is 18.7 Å². The van der Waals surface area contributed by atoms with Crippen molar-refractivity contribution in [3.8, 4) is 11.5 Å². The number of rotatable bonds is 9. The second-order valence-corrected chi connectivity index (χ2v) is 8.69. The number of hydrogen-bond acceptors (Lipinski definition) is 7. The van der Waals surface area contributed by atoms with Crippen molar-refractivity contribution in [2.24, 2.45) is 0 Å². The average Bonchev–Trinajstić information content (AvgIpc) is 3.24. The molecule has 34 heavy (non-hydrogen) atoms. The number of aromatic nitrogens is 1. The minimum atomic E-state index is -0.347. The molecule has 1 atom stereocenters. The van der Waals surface area contributed by atoms with Crippen molar-refractivity contribution < 1.29 is 27.9 Å². The van der Waals surface area contributed by atoms with E-state index < -0.39 is 0 Å². The summed E-state index contributed by atoms with van der Waals surface area (Å²) in [5.41, 5.74) is 2.31. The fraction of sp³-hybridized carbons (Fsp3) is 0.462. The number of fused-ring (bicyclic) bond motifs is 1. The number of esters is 1. The lowest BCUT2D eigenvalue weighted by molar-refractivity contribution is -0.145. The fourth-order valence-corrected chi connectivity index (χ4v) is 4.50. The lowest BCUT2D eigenvalue weighted by Crippen LogP contribution is -2.34.